The summed E-state index contributed by atoms with van der Waals surface area (Å²) in [5, 5.41) is 3.29. The van der Waals surface area contributed by atoms with Crippen LogP contribution >= 0.6 is 0 Å². The average molecular weight is 440 g/mol. The highest BCUT2D eigenvalue weighted by Gasteiger charge is 2.73. The van der Waals surface area contributed by atoms with E-state index in [1.54, 1.807) is 13.0 Å². The first-order valence-electron chi connectivity index (χ1n) is 9.42. The van der Waals surface area contributed by atoms with Crippen LogP contribution in [0.25, 0.3) is 6.08 Å². The third-order valence-electron chi connectivity index (χ3n) is 5.05. The fourth-order valence-electron chi connectivity index (χ4n) is 3.59. The van der Waals surface area contributed by atoms with Gasteiger partial charge in [0.1, 0.15) is 6.79 Å². The molecule has 0 radical (unpaired) electrons. The molecule has 30 heavy (non-hydrogen) atoms. The fraction of sp³-hybridized carbons (Fsp3) is 0.600. The monoisotopic (exact) mass is 440 g/mol. The van der Waals surface area contributed by atoms with E-state index in [2.05, 4.69) is 14.8 Å². The number of halogens is 6. The van der Waals surface area contributed by atoms with Gasteiger partial charge in [-0.15, -0.1) is 0 Å². The number of ether oxygens (including phenoxy) is 2. The summed E-state index contributed by atoms with van der Waals surface area (Å²) in [7, 11) is 0.957. The summed E-state index contributed by atoms with van der Waals surface area (Å²) in [6.07, 6.45) is -8.45. The van der Waals surface area contributed by atoms with Gasteiger partial charge in [-0.25, -0.2) is 0 Å². The predicted molar refractivity (Wildman–Crippen MR) is 102 cm³/mol. The van der Waals surface area contributed by atoms with Gasteiger partial charge >= 0.3 is 12.4 Å². The summed E-state index contributed by atoms with van der Waals surface area (Å²) in [4.78, 5) is 1.97. The van der Waals surface area contributed by atoms with E-state index in [-0.39, 0.29) is 17.6 Å². The number of allylic oxidation sites excluding steroid dienone is 1. The van der Waals surface area contributed by atoms with Crippen molar-refractivity contribution in [2.45, 2.75) is 50.8 Å². The molecule has 1 aromatic rings. The van der Waals surface area contributed by atoms with Crippen LogP contribution in [0, 0.1) is 0 Å². The van der Waals surface area contributed by atoms with Gasteiger partial charge in [-0.05, 0) is 38.5 Å². The first-order valence-corrected chi connectivity index (χ1v) is 9.42. The maximum Gasteiger partial charge on any atom is 0.430 e. The third kappa shape index (κ3) is 4.60. The number of rotatable bonds is 6. The average Bonchev–Trinajstić information content (AvgIpc) is 2.63. The van der Waals surface area contributed by atoms with E-state index >= 15 is 0 Å². The number of anilines is 1. The molecule has 0 amide bonds. The molecule has 2 atom stereocenters. The second-order valence-corrected chi connectivity index (χ2v) is 7.31. The summed E-state index contributed by atoms with van der Waals surface area (Å²) < 4.78 is 91.7. The third-order valence-corrected chi connectivity index (χ3v) is 5.05. The molecule has 1 heterocycles. The van der Waals surface area contributed by atoms with Gasteiger partial charge in [0.25, 0.3) is 5.60 Å². The smallest absolute Gasteiger partial charge is 0.366 e. The van der Waals surface area contributed by atoms with Gasteiger partial charge in [0.05, 0.1) is 0 Å². The van der Waals surface area contributed by atoms with Crippen LogP contribution in [0.4, 0.5) is 32.0 Å². The Morgan fingerprint density at radius 3 is 2.30 bits per heavy atom. The Morgan fingerprint density at radius 1 is 1.13 bits per heavy atom. The second kappa shape index (κ2) is 9.15. The number of hydrogen-bond donors (Lipinski definition) is 1. The zero-order chi connectivity index (χ0) is 22.7. The molecule has 4 nitrogen and oxygen atoms in total. The second-order valence-electron chi connectivity index (χ2n) is 7.31. The maximum absolute atomic E-state index is 13.8. The van der Waals surface area contributed by atoms with Crippen molar-refractivity contribution in [2.75, 3.05) is 31.9 Å². The lowest BCUT2D eigenvalue weighted by Gasteiger charge is -2.41. The van der Waals surface area contributed by atoms with E-state index in [0.29, 0.717) is 18.8 Å². The van der Waals surface area contributed by atoms with E-state index in [0.717, 1.165) is 19.2 Å². The molecule has 1 aliphatic heterocycles. The van der Waals surface area contributed by atoms with Gasteiger partial charge in [-0.2, -0.15) is 26.3 Å². The summed E-state index contributed by atoms with van der Waals surface area (Å²) in [5.41, 5.74) is -4.75. The van der Waals surface area contributed by atoms with Crippen LogP contribution in [0.3, 0.4) is 0 Å². The highest BCUT2D eigenvalue weighted by atomic mass is 19.4. The summed E-state index contributed by atoms with van der Waals surface area (Å²) in [5.74, 6) is 0. The van der Waals surface area contributed by atoms with Crippen molar-refractivity contribution in [1.29, 1.82) is 0 Å². The molecule has 0 aromatic heterocycles. The van der Waals surface area contributed by atoms with Crippen LogP contribution in [0.5, 0.6) is 0 Å². The van der Waals surface area contributed by atoms with Crippen LogP contribution in [-0.4, -0.2) is 51.4 Å². The Balaban J connectivity index is 2.68. The Kier molecular flexibility index (Phi) is 7.47. The van der Waals surface area contributed by atoms with Crippen molar-refractivity contribution in [3.63, 3.8) is 0 Å². The first kappa shape index (κ1) is 24.5. The fourth-order valence-corrected chi connectivity index (χ4v) is 3.59. The molecule has 1 fully saturated rings. The largest absolute Gasteiger partial charge is 0.430 e. The Hall–Kier alpha value is -1.78. The number of benzene rings is 1. The summed E-state index contributed by atoms with van der Waals surface area (Å²) in [6.45, 7) is 5.57. The van der Waals surface area contributed by atoms with Gasteiger partial charge in [-0.3, -0.25) is 0 Å². The van der Waals surface area contributed by atoms with Crippen molar-refractivity contribution >= 4 is 11.8 Å². The number of methoxy groups -OCH3 is 1. The highest BCUT2D eigenvalue weighted by molar-refractivity contribution is 5.69. The Labute approximate surface area is 171 Å². The molecule has 1 aromatic carbocycles. The first-order chi connectivity index (χ1) is 13.9. The van der Waals surface area contributed by atoms with Crippen LogP contribution < -0.4 is 10.2 Å². The number of nitrogens with one attached hydrogen (secondary N) is 1. The van der Waals surface area contributed by atoms with Crippen molar-refractivity contribution in [3.8, 4) is 0 Å². The van der Waals surface area contributed by atoms with Crippen molar-refractivity contribution < 1.29 is 35.8 Å². The molecule has 1 unspecified atom stereocenters. The molecule has 1 saturated heterocycles. The van der Waals surface area contributed by atoms with Crippen molar-refractivity contribution in [3.05, 3.63) is 35.4 Å². The van der Waals surface area contributed by atoms with E-state index < -0.39 is 30.3 Å². The lowest BCUT2D eigenvalue weighted by atomic mass is 9.89. The minimum Gasteiger partial charge on any atom is -0.366 e. The topological polar surface area (TPSA) is 33.7 Å². The molecule has 0 saturated carbocycles. The lowest BCUT2D eigenvalue weighted by Crippen LogP contribution is -2.56. The minimum atomic E-state index is -5.75. The number of nitrogens with zero attached hydrogens (tertiary/aromatic N) is 1. The molecule has 1 aliphatic rings. The SMILES string of the molecule is CC=Cc1cc(C(OCOC)(C(F)(F)F)C(F)(F)F)ccc1N1CC(C)NC[C@H]1C. The van der Waals surface area contributed by atoms with Gasteiger partial charge < -0.3 is 19.7 Å². The molecule has 170 valence electrons. The van der Waals surface area contributed by atoms with Crippen LogP contribution in [0.15, 0.2) is 24.3 Å². The van der Waals surface area contributed by atoms with Crippen molar-refractivity contribution in [2.24, 2.45) is 0 Å². The zero-order valence-corrected chi connectivity index (χ0v) is 17.2. The van der Waals surface area contributed by atoms with E-state index in [1.807, 2.05) is 18.7 Å². The molecular weight excluding hydrogens is 414 g/mol. The van der Waals surface area contributed by atoms with Gasteiger partial charge in [0, 0.05) is 43.5 Å². The Morgan fingerprint density at radius 2 is 1.77 bits per heavy atom. The molecule has 10 heteroatoms. The minimum absolute atomic E-state index is 0.00999. The number of alkyl halides is 6. The molecule has 0 spiro atoms. The molecule has 2 rings (SSSR count). The normalized spacial score (nSPS) is 21.5. The van der Waals surface area contributed by atoms with E-state index in [1.165, 1.54) is 12.1 Å². The highest BCUT2D eigenvalue weighted by Crippen LogP contribution is 2.53. The van der Waals surface area contributed by atoms with Crippen LogP contribution in [0.1, 0.15) is 31.9 Å². The number of piperazine rings is 1. The molecule has 0 bridgehead atoms. The van der Waals surface area contributed by atoms with Gasteiger partial charge in [0.15, 0.2) is 0 Å². The standard InChI is InChI=1S/C20H26F6N2O2/c1-5-6-15-9-16(7-8-17(15)28-11-13(2)27-10-14(28)3)18(19(21,22)23,20(24,25)26)30-12-29-4/h5-9,13-14,27H,10-12H2,1-4H3/t13?,14-/m1/s1. The van der Waals surface area contributed by atoms with Crippen LogP contribution in [0.2, 0.25) is 0 Å². The quantitative estimate of drug-likeness (QED) is 0.507. The van der Waals surface area contributed by atoms with Crippen LogP contribution in [-0.2, 0) is 15.1 Å². The number of hydrogen-bond acceptors (Lipinski definition) is 4. The predicted octanol–water partition coefficient (Wildman–Crippen LogP) is 4.85. The van der Waals surface area contributed by atoms with E-state index in [9.17, 15) is 26.3 Å². The molecular formula is C20H26F6N2O2. The Bertz CT molecular complexity index is 734. The maximum atomic E-state index is 13.8. The lowest BCUT2D eigenvalue weighted by molar-refractivity contribution is -0.400. The molecule has 0 aliphatic carbocycles. The van der Waals surface area contributed by atoms with E-state index in [4.69, 9.17) is 0 Å². The van der Waals surface area contributed by atoms with Crippen molar-refractivity contribution in [1.82, 2.24) is 5.32 Å². The molecule has 1 N–H and O–H groups in total. The van der Waals surface area contributed by atoms with Gasteiger partial charge in [0.2, 0.25) is 0 Å². The zero-order valence-electron chi connectivity index (χ0n) is 17.2. The summed E-state index contributed by atoms with van der Waals surface area (Å²) in [6, 6.07) is 3.15. The van der Waals surface area contributed by atoms with Gasteiger partial charge in [-0.1, -0.05) is 18.2 Å². The summed E-state index contributed by atoms with van der Waals surface area (Å²) >= 11 is 0.